The largest absolute Gasteiger partial charge is 0.472 e. The number of esters is 4. The second-order valence-corrected chi connectivity index (χ2v) is 33.6. The molecule has 0 aliphatic heterocycles. The molecule has 0 rings (SSSR count). The van der Waals surface area contributed by atoms with Gasteiger partial charge in [0.15, 0.2) is 12.2 Å². The third kappa shape index (κ3) is 78.0. The number of carbonyl (C=O) groups is 4. The standard InChI is InChI=1S/C84H164O17P2/c1-6-9-12-15-18-21-24-27-29-31-33-35-37-39-42-48-53-58-63-68-82(87)95-73-79(100-83(88)69-64-59-54-49-43-40-38-36-34-32-30-28-25-22-19-16-13-10-7-2)75-98-102(90,91)96-71-78(85)72-97-103(92,93)99-76-80(74-94-81(86)67-62-57-52-47-41-26-23-20-17-14-11-8-3)101-84(89)70-65-60-55-50-45-44-46-51-56-61-66-77(4)5/h77-80,85H,6-76H2,1-5H3,(H,90,91)(H,92,93)/t78-,79-,80-/m1/s1. The summed E-state index contributed by atoms with van der Waals surface area (Å²) >= 11 is 0. The number of unbranched alkanes of at least 4 members (excludes halogenated alkanes) is 56. The lowest BCUT2D eigenvalue weighted by molar-refractivity contribution is -0.161. The summed E-state index contributed by atoms with van der Waals surface area (Å²) in [5.74, 6) is -1.35. The van der Waals surface area contributed by atoms with Crippen molar-refractivity contribution in [2.45, 2.75) is 470 Å². The van der Waals surface area contributed by atoms with Gasteiger partial charge in [-0.15, -0.1) is 0 Å². The molecule has 17 nitrogen and oxygen atoms in total. The zero-order chi connectivity index (χ0) is 75.5. The monoisotopic (exact) mass is 1510 g/mol. The predicted molar refractivity (Wildman–Crippen MR) is 423 cm³/mol. The summed E-state index contributed by atoms with van der Waals surface area (Å²) in [5.41, 5.74) is 0. The van der Waals surface area contributed by atoms with Crippen LogP contribution in [0, 0.1) is 5.92 Å². The summed E-state index contributed by atoms with van der Waals surface area (Å²) < 4.78 is 68.8. The fraction of sp³-hybridized carbons (Fsp3) is 0.952. The highest BCUT2D eigenvalue weighted by Gasteiger charge is 2.30. The van der Waals surface area contributed by atoms with Gasteiger partial charge in [-0.05, 0) is 31.6 Å². The number of phosphoric ester groups is 2. The van der Waals surface area contributed by atoms with E-state index >= 15 is 0 Å². The molecule has 0 aliphatic carbocycles. The van der Waals surface area contributed by atoms with E-state index in [1.165, 1.54) is 276 Å². The van der Waals surface area contributed by atoms with Crippen molar-refractivity contribution in [2.24, 2.45) is 5.92 Å². The van der Waals surface area contributed by atoms with E-state index in [1.54, 1.807) is 0 Å². The van der Waals surface area contributed by atoms with Gasteiger partial charge in [-0.25, -0.2) is 9.13 Å². The number of ether oxygens (including phenoxy) is 4. The van der Waals surface area contributed by atoms with Crippen LogP contribution in [0.25, 0.3) is 0 Å². The summed E-state index contributed by atoms with van der Waals surface area (Å²) in [6.07, 6.45) is 69.4. The molecule has 0 amide bonds. The first-order valence-corrected chi connectivity index (χ1v) is 46.6. The van der Waals surface area contributed by atoms with Crippen molar-refractivity contribution < 1.29 is 80.2 Å². The maximum Gasteiger partial charge on any atom is 0.472 e. The number of aliphatic hydroxyl groups excluding tert-OH is 1. The Labute approximate surface area is 632 Å². The van der Waals surface area contributed by atoms with Gasteiger partial charge in [0, 0.05) is 25.7 Å². The van der Waals surface area contributed by atoms with Crippen molar-refractivity contribution in [1.29, 1.82) is 0 Å². The van der Waals surface area contributed by atoms with Crippen LogP contribution in [0.3, 0.4) is 0 Å². The van der Waals surface area contributed by atoms with Crippen LogP contribution in [0.15, 0.2) is 0 Å². The summed E-state index contributed by atoms with van der Waals surface area (Å²) in [6.45, 7) is 7.34. The van der Waals surface area contributed by atoms with Gasteiger partial charge in [0.25, 0.3) is 0 Å². The van der Waals surface area contributed by atoms with Gasteiger partial charge in [-0.1, -0.05) is 401 Å². The van der Waals surface area contributed by atoms with Crippen LogP contribution in [0.4, 0.5) is 0 Å². The zero-order valence-electron chi connectivity index (χ0n) is 67.5. The molecule has 612 valence electrons. The van der Waals surface area contributed by atoms with Crippen LogP contribution in [-0.4, -0.2) is 96.7 Å². The average Bonchev–Trinajstić information content (AvgIpc) is 0.941. The van der Waals surface area contributed by atoms with E-state index in [4.69, 9.17) is 37.0 Å². The highest BCUT2D eigenvalue weighted by atomic mass is 31.2. The maximum atomic E-state index is 13.1. The molecular formula is C84H164O17P2. The number of rotatable bonds is 84. The van der Waals surface area contributed by atoms with Crippen molar-refractivity contribution in [3.8, 4) is 0 Å². The first-order chi connectivity index (χ1) is 50.0. The molecule has 0 bridgehead atoms. The van der Waals surface area contributed by atoms with E-state index in [9.17, 15) is 43.2 Å². The average molecular weight is 1510 g/mol. The van der Waals surface area contributed by atoms with Crippen molar-refractivity contribution in [3.63, 3.8) is 0 Å². The number of hydrogen-bond donors (Lipinski definition) is 3. The smallest absolute Gasteiger partial charge is 0.462 e. The molecule has 5 atom stereocenters. The van der Waals surface area contributed by atoms with E-state index < -0.39 is 97.5 Å². The van der Waals surface area contributed by atoms with Gasteiger partial charge in [-0.2, -0.15) is 0 Å². The Kier molecular flexibility index (Phi) is 75.4. The van der Waals surface area contributed by atoms with Gasteiger partial charge in [-0.3, -0.25) is 37.3 Å². The Hall–Kier alpha value is -1.94. The summed E-state index contributed by atoms with van der Waals surface area (Å²) in [6, 6.07) is 0. The molecule has 0 saturated heterocycles. The molecule has 3 N–H and O–H groups in total. The minimum Gasteiger partial charge on any atom is -0.462 e. The Morgan fingerprint density at radius 1 is 0.262 bits per heavy atom. The summed E-state index contributed by atoms with van der Waals surface area (Å²) in [5, 5.41) is 10.7. The molecule has 0 aliphatic rings. The highest BCUT2D eigenvalue weighted by Crippen LogP contribution is 2.45. The first-order valence-electron chi connectivity index (χ1n) is 43.6. The second-order valence-electron chi connectivity index (χ2n) is 30.7. The number of aliphatic hydroxyl groups is 1. The number of hydrogen-bond acceptors (Lipinski definition) is 15. The van der Waals surface area contributed by atoms with Gasteiger partial charge in [0.05, 0.1) is 26.4 Å². The Morgan fingerprint density at radius 2 is 0.447 bits per heavy atom. The molecule has 0 fully saturated rings. The highest BCUT2D eigenvalue weighted by molar-refractivity contribution is 7.47. The van der Waals surface area contributed by atoms with Gasteiger partial charge in [0.2, 0.25) is 0 Å². The SMILES string of the molecule is CCCCCCCCCCCCCCCCCCCCCC(=O)OC[C@H](COP(=O)(O)OC[C@@H](O)COP(=O)(O)OC[C@@H](COC(=O)CCCCCCCCCCCCCC)OC(=O)CCCCCCCCCCCCC(C)C)OC(=O)CCCCCCCCCCCCCCCCCCCCC. The topological polar surface area (TPSA) is 237 Å². The number of carbonyl (C=O) groups excluding carboxylic acids is 4. The summed E-state index contributed by atoms with van der Waals surface area (Å²) in [7, 11) is -9.92. The molecule has 2 unspecified atom stereocenters. The van der Waals surface area contributed by atoms with E-state index in [1.807, 2.05) is 0 Å². The molecule has 103 heavy (non-hydrogen) atoms. The van der Waals surface area contributed by atoms with Crippen molar-refractivity contribution in [3.05, 3.63) is 0 Å². The minimum absolute atomic E-state index is 0.107. The molecule has 19 heteroatoms. The van der Waals surface area contributed by atoms with Crippen LogP contribution in [0.2, 0.25) is 0 Å². The third-order valence-corrected chi connectivity index (χ3v) is 21.7. The maximum absolute atomic E-state index is 13.1. The molecule has 0 aromatic carbocycles. The zero-order valence-corrected chi connectivity index (χ0v) is 69.3. The summed E-state index contributed by atoms with van der Waals surface area (Å²) in [4.78, 5) is 73.2. The lowest BCUT2D eigenvalue weighted by atomic mass is 10.0. The fourth-order valence-electron chi connectivity index (χ4n) is 13.1. The quantitative estimate of drug-likeness (QED) is 0.0222. The first kappa shape index (κ1) is 101. The van der Waals surface area contributed by atoms with E-state index in [-0.39, 0.29) is 25.7 Å². The molecule has 0 radical (unpaired) electrons. The van der Waals surface area contributed by atoms with Crippen LogP contribution < -0.4 is 0 Å². The van der Waals surface area contributed by atoms with E-state index in [0.717, 1.165) is 95.8 Å². The molecule has 0 aromatic heterocycles. The second kappa shape index (κ2) is 76.8. The van der Waals surface area contributed by atoms with Gasteiger partial charge >= 0.3 is 39.5 Å². The predicted octanol–water partition coefficient (Wildman–Crippen LogP) is 25.6. The molecule has 0 heterocycles. The Morgan fingerprint density at radius 3 is 0.660 bits per heavy atom. The minimum atomic E-state index is -4.96. The van der Waals surface area contributed by atoms with Crippen LogP contribution >= 0.6 is 15.6 Å². The van der Waals surface area contributed by atoms with E-state index in [2.05, 4.69) is 34.6 Å². The number of phosphoric acid groups is 2. The lowest BCUT2D eigenvalue weighted by Gasteiger charge is -2.21. The van der Waals surface area contributed by atoms with Crippen LogP contribution in [0.1, 0.15) is 452 Å². The van der Waals surface area contributed by atoms with Gasteiger partial charge in [0.1, 0.15) is 19.3 Å². The van der Waals surface area contributed by atoms with Crippen molar-refractivity contribution in [1.82, 2.24) is 0 Å². The Balaban J connectivity index is 5.24. The van der Waals surface area contributed by atoms with E-state index in [0.29, 0.717) is 25.7 Å². The normalized spacial score (nSPS) is 13.8. The molecule has 0 spiro atoms. The van der Waals surface area contributed by atoms with Crippen LogP contribution in [-0.2, 0) is 65.4 Å². The molecular weight excluding hydrogens is 1340 g/mol. The Bertz CT molecular complexity index is 1960. The van der Waals surface area contributed by atoms with Crippen LogP contribution in [0.5, 0.6) is 0 Å². The molecule has 0 aromatic rings. The van der Waals surface area contributed by atoms with Crippen molar-refractivity contribution >= 4 is 39.5 Å². The van der Waals surface area contributed by atoms with Crippen molar-refractivity contribution in [2.75, 3.05) is 39.6 Å². The van der Waals surface area contributed by atoms with Gasteiger partial charge < -0.3 is 33.8 Å². The molecule has 0 saturated carbocycles. The third-order valence-electron chi connectivity index (χ3n) is 19.8. The fourth-order valence-corrected chi connectivity index (χ4v) is 14.7. The lowest BCUT2D eigenvalue weighted by Crippen LogP contribution is -2.30.